The average Bonchev–Trinajstić information content (AvgIpc) is 2.50. The lowest BCUT2D eigenvalue weighted by Gasteiger charge is -2.20. The molecular weight excluding hydrogens is 298 g/mol. The fourth-order valence-electron chi connectivity index (χ4n) is 1.91. The van der Waals surface area contributed by atoms with Crippen LogP contribution in [0.2, 0.25) is 0 Å². The Morgan fingerprint density at radius 3 is 2.39 bits per heavy atom. The van der Waals surface area contributed by atoms with Crippen LogP contribution >= 0.6 is 0 Å². The summed E-state index contributed by atoms with van der Waals surface area (Å²) in [5.41, 5.74) is 0.819. The zero-order chi connectivity index (χ0) is 17.2. The van der Waals surface area contributed by atoms with E-state index in [2.05, 4.69) is 13.8 Å². The normalized spacial score (nSPS) is 10.6. The summed E-state index contributed by atoms with van der Waals surface area (Å²) in [5, 5.41) is 8.89. The van der Waals surface area contributed by atoms with Crippen molar-refractivity contribution in [3.05, 3.63) is 29.8 Å². The summed E-state index contributed by atoms with van der Waals surface area (Å²) in [4.78, 5) is 24.4. The number of aliphatic carboxylic acids is 1. The Labute approximate surface area is 137 Å². The lowest BCUT2D eigenvalue weighted by Crippen LogP contribution is -2.38. The molecule has 0 atom stereocenters. The lowest BCUT2D eigenvalue weighted by molar-refractivity contribution is -0.144. The largest absolute Gasteiger partial charge is 0.493 e. The summed E-state index contributed by atoms with van der Waals surface area (Å²) in [6, 6.07) is 7.29. The number of carboxylic acids is 1. The number of methoxy groups -OCH3 is 1. The molecule has 1 aromatic carbocycles. The van der Waals surface area contributed by atoms with E-state index in [1.807, 2.05) is 24.3 Å². The van der Waals surface area contributed by atoms with Crippen LogP contribution in [0, 0.1) is 5.92 Å². The van der Waals surface area contributed by atoms with E-state index in [1.165, 1.54) is 12.0 Å². The second-order valence-electron chi connectivity index (χ2n) is 5.73. The molecule has 23 heavy (non-hydrogen) atoms. The first-order valence-corrected chi connectivity index (χ1v) is 7.62. The highest BCUT2D eigenvalue weighted by atomic mass is 16.5. The number of nitrogens with zero attached hydrogens (tertiary/aromatic N) is 1. The van der Waals surface area contributed by atoms with Crippen LogP contribution in [0.15, 0.2) is 24.3 Å². The van der Waals surface area contributed by atoms with Gasteiger partial charge in [0.1, 0.15) is 12.3 Å². The van der Waals surface area contributed by atoms with Crippen LogP contribution in [0.5, 0.6) is 5.75 Å². The van der Waals surface area contributed by atoms with Gasteiger partial charge in [0.15, 0.2) is 0 Å². The van der Waals surface area contributed by atoms with Crippen LogP contribution in [-0.4, -0.2) is 55.3 Å². The monoisotopic (exact) mass is 323 g/mol. The van der Waals surface area contributed by atoms with E-state index >= 15 is 0 Å². The zero-order valence-electron chi connectivity index (χ0n) is 13.9. The second kappa shape index (κ2) is 9.84. The topological polar surface area (TPSA) is 76.1 Å². The molecule has 6 nitrogen and oxygen atoms in total. The third kappa shape index (κ3) is 7.65. The van der Waals surface area contributed by atoms with Crippen molar-refractivity contribution in [2.24, 2.45) is 5.92 Å². The van der Waals surface area contributed by atoms with Gasteiger partial charge in [0, 0.05) is 13.7 Å². The van der Waals surface area contributed by atoms with Gasteiger partial charge in [0.25, 0.3) is 0 Å². The van der Waals surface area contributed by atoms with E-state index in [9.17, 15) is 9.59 Å². The molecule has 0 aromatic heterocycles. The molecule has 0 radical (unpaired) electrons. The van der Waals surface area contributed by atoms with Crippen LogP contribution in [0.4, 0.5) is 0 Å². The molecule has 1 amide bonds. The molecule has 1 aromatic rings. The van der Waals surface area contributed by atoms with E-state index in [4.69, 9.17) is 14.6 Å². The van der Waals surface area contributed by atoms with Gasteiger partial charge in [-0.25, -0.2) is 0 Å². The average molecular weight is 323 g/mol. The molecule has 0 bridgehead atoms. The van der Waals surface area contributed by atoms with E-state index < -0.39 is 5.97 Å². The Kier molecular flexibility index (Phi) is 8.11. The first-order chi connectivity index (χ1) is 10.9. The number of carbonyl (C=O) groups excluding carboxylic acids is 1. The van der Waals surface area contributed by atoms with Crippen LogP contribution < -0.4 is 4.74 Å². The highest BCUT2D eigenvalue weighted by Gasteiger charge is 2.16. The molecule has 0 saturated heterocycles. The molecular formula is C17H25NO5. The van der Waals surface area contributed by atoms with Crippen molar-refractivity contribution in [3.8, 4) is 5.75 Å². The first-order valence-electron chi connectivity index (χ1n) is 7.62. The van der Waals surface area contributed by atoms with E-state index in [-0.39, 0.29) is 25.4 Å². The van der Waals surface area contributed by atoms with Gasteiger partial charge in [-0.15, -0.1) is 0 Å². The molecule has 0 aliphatic rings. The number of hydrogen-bond acceptors (Lipinski definition) is 4. The number of ether oxygens (including phenoxy) is 2. The number of benzene rings is 1. The van der Waals surface area contributed by atoms with Crippen molar-refractivity contribution in [3.63, 3.8) is 0 Å². The maximum absolute atomic E-state index is 12.2. The van der Waals surface area contributed by atoms with Gasteiger partial charge in [-0.2, -0.15) is 0 Å². The fraction of sp³-hybridized carbons (Fsp3) is 0.529. The first kappa shape index (κ1) is 19.0. The number of carbonyl (C=O) groups is 2. The minimum atomic E-state index is -1.04. The Balaban J connectivity index is 2.61. The van der Waals surface area contributed by atoms with Gasteiger partial charge in [0.2, 0.25) is 5.91 Å². The second-order valence-corrected chi connectivity index (χ2v) is 5.73. The van der Waals surface area contributed by atoms with Crippen LogP contribution in [-0.2, 0) is 20.7 Å². The molecule has 0 saturated carbocycles. The SMILES string of the molecule is COCCN(CC(=O)O)C(=O)Cc1ccc(OCC(C)C)cc1. The van der Waals surface area contributed by atoms with Crippen molar-refractivity contribution in [2.45, 2.75) is 20.3 Å². The maximum atomic E-state index is 12.2. The molecule has 0 heterocycles. The van der Waals surface area contributed by atoms with Crippen molar-refractivity contribution in [1.29, 1.82) is 0 Å². The number of rotatable bonds is 10. The quantitative estimate of drug-likeness (QED) is 0.711. The molecule has 0 aliphatic heterocycles. The molecule has 0 unspecified atom stereocenters. The summed E-state index contributed by atoms with van der Waals surface area (Å²) < 4.78 is 10.5. The predicted octanol–water partition coefficient (Wildman–Crippen LogP) is 1.82. The van der Waals surface area contributed by atoms with Gasteiger partial charge in [0.05, 0.1) is 19.6 Å². The summed E-state index contributed by atoms with van der Waals surface area (Å²) in [6.45, 7) is 5.03. The van der Waals surface area contributed by atoms with Crippen molar-refractivity contribution < 1.29 is 24.2 Å². The summed E-state index contributed by atoms with van der Waals surface area (Å²) in [6.07, 6.45) is 0.154. The van der Waals surface area contributed by atoms with Gasteiger partial charge in [-0.3, -0.25) is 9.59 Å². The molecule has 0 spiro atoms. The highest BCUT2D eigenvalue weighted by Crippen LogP contribution is 2.14. The highest BCUT2D eigenvalue weighted by molar-refractivity contribution is 5.83. The molecule has 0 aliphatic carbocycles. The molecule has 6 heteroatoms. The Morgan fingerprint density at radius 1 is 1.22 bits per heavy atom. The standard InChI is InChI=1S/C17H25NO5/c1-13(2)12-23-15-6-4-14(5-7-15)10-16(19)18(8-9-22-3)11-17(20)21/h4-7,13H,8-12H2,1-3H3,(H,20,21). The van der Waals surface area contributed by atoms with Gasteiger partial charge in [-0.1, -0.05) is 26.0 Å². The van der Waals surface area contributed by atoms with Gasteiger partial charge < -0.3 is 19.5 Å². The Bertz CT molecular complexity index is 498. The van der Waals surface area contributed by atoms with Gasteiger partial charge in [-0.05, 0) is 23.6 Å². The smallest absolute Gasteiger partial charge is 0.323 e. The minimum absolute atomic E-state index is 0.154. The Hall–Kier alpha value is -2.08. The van der Waals surface area contributed by atoms with Crippen molar-refractivity contribution >= 4 is 11.9 Å². The van der Waals surface area contributed by atoms with Crippen molar-refractivity contribution in [2.75, 3.05) is 33.4 Å². The number of carboxylic acid groups (broad SMARTS) is 1. The van der Waals surface area contributed by atoms with Gasteiger partial charge >= 0.3 is 5.97 Å². The van der Waals surface area contributed by atoms with Crippen LogP contribution in [0.25, 0.3) is 0 Å². The summed E-state index contributed by atoms with van der Waals surface area (Å²) in [7, 11) is 1.51. The lowest BCUT2D eigenvalue weighted by atomic mass is 10.1. The molecule has 1 rings (SSSR count). The Morgan fingerprint density at radius 2 is 1.87 bits per heavy atom. The van der Waals surface area contributed by atoms with Crippen LogP contribution in [0.3, 0.4) is 0 Å². The van der Waals surface area contributed by atoms with E-state index in [1.54, 1.807) is 0 Å². The third-order valence-corrected chi connectivity index (χ3v) is 3.11. The number of hydrogen-bond donors (Lipinski definition) is 1. The predicted molar refractivity (Wildman–Crippen MR) is 86.6 cm³/mol. The maximum Gasteiger partial charge on any atom is 0.323 e. The molecule has 128 valence electrons. The van der Waals surface area contributed by atoms with Crippen molar-refractivity contribution in [1.82, 2.24) is 4.90 Å². The van der Waals surface area contributed by atoms with E-state index in [0.717, 1.165) is 11.3 Å². The molecule has 1 N–H and O–H groups in total. The molecule has 0 fully saturated rings. The summed E-state index contributed by atoms with van der Waals surface area (Å²) in [5.74, 6) is -0.0644. The minimum Gasteiger partial charge on any atom is -0.493 e. The summed E-state index contributed by atoms with van der Waals surface area (Å²) >= 11 is 0. The van der Waals surface area contributed by atoms with E-state index in [0.29, 0.717) is 19.1 Å². The zero-order valence-corrected chi connectivity index (χ0v) is 13.9. The van der Waals surface area contributed by atoms with Crippen LogP contribution in [0.1, 0.15) is 19.4 Å². The third-order valence-electron chi connectivity index (χ3n) is 3.11. The number of amides is 1. The fourth-order valence-corrected chi connectivity index (χ4v) is 1.91.